The van der Waals surface area contributed by atoms with Gasteiger partial charge in [-0.1, -0.05) is 55.4 Å². The third-order valence-electron chi connectivity index (χ3n) is 43.2. The third kappa shape index (κ3) is 18.7. The Bertz CT molecular complexity index is 4670. The molecule has 16 saturated carbocycles. The maximum absolute atomic E-state index is 13.5. The van der Waals surface area contributed by atoms with Crippen molar-refractivity contribution < 1.29 is 68.1 Å². The number of fused-ring (bicyclic) bond motifs is 20. The van der Waals surface area contributed by atoms with Crippen LogP contribution in [0.5, 0.6) is 5.75 Å². The Morgan fingerprint density at radius 1 is 0.343 bits per heavy atom. The van der Waals surface area contributed by atoms with Crippen molar-refractivity contribution in [3.05, 3.63) is 60.7 Å². The molecule has 746 valence electrons. The van der Waals surface area contributed by atoms with Gasteiger partial charge in [-0.25, -0.2) is 0 Å². The average molecular weight is 1860 g/mol. The molecule has 16 aliphatic rings. The average Bonchev–Trinajstić information content (AvgIpc) is 1.49. The molecule has 32 atom stereocenters. The zero-order valence-corrected chi connectivity index (χ0v) is 85.3. The number of nitrogens with one attached hydrogen (secondary N) is 1. The number of ketones is 4. The molecular formula is C111H173N9O14. The molecule has 0 aliphatic heterocycles. The fraction of sp³-hybridized carbons (Fsp3) is 0.847. The molecule has 0 unspecified atom stereocenters. The number of Topliss-reactive ketones (excluding diaryl/α,β-unsaturated/α-hetero) is 4. The van der Waals surface area contributed by atoms with E-state index < -0.39 is 22.4 Å². The molecule has 16 fully saturated rings. The highest BCUT2D eigenvalue weighted by molar-refractivity contribution is 5.88. The minimum absolute atomic E-state index is 0.0700. The number of aliphatic hydroxyl groups is 4. The zero-order valence-electron chi connectivity index (χ0n) is 85.3. The van der Waals surface area contributed by atoms with Gasteiger partial charge in [0.15, 0.2) is 28.9 Å². The van der Waals surface area contributed by atoms with Crippen LogP contribution in [-0.2, 0) is 69.1 Å². The first-order chi connectivity index (χ1) is 63.5. The molecule has 0 aromatic carbocycles. The molecule has 23 heteroatoms. The van der Waals surface area contributed by atoms with E-state index in [1.54, 1.807) is 56.4 Å². The molecular weight excluding hydrogens is 1680 g/mol. The summed E-state index contributed by atoms with van der Waals surface area (Å²) < 4.78 is 34.3. The number of amides is 1. The highest BCUT2D eigenvalue weighted by Crippen LogP contribution is 2.74. The van der Waals surface area contributed by atoms with Crippen LogP contribution >= 0.6 is 0 Å². The van der Waals surface area contributed by atoms with Crippen LogP contribution < -0.4 is 10.1 Å². The number of hydrogen-bond acceptors (Lipinski definition) is 18. The van der Waals surface area contributed by atoms with Gasteiger partial charge in [-0.3, -0.25) is 42.7 Å². The lowest BCUT2D eigenvalue weighted by atomic mass is 9.44. The van der Waals surface area contributed by atoms with Crippen LogP contribution in [0.2, 0.25) is 0 Å². The quantitative estimate of drug-likeness (QED) is 0.0461. The van der Waals surface area contributed by atoms with E-state index in [2.05, 4.69) is 81.1 Å². The van der Waals surface area contributed by atoms with Crippen LogP contribution in [0.4, 0.5) is 5.69 Å². The summed E-state index contributed by atoms with van der Waals surface area (Å²) >= 11 is 0. The Morgan fingerprint density at radius 3 is 0.866 bits per heavy atom. The Hall–Kier alpha value is -5.53. The van der Waals surface area contributed by atoms with Gasteiger partial charge in [0, 0.05) is 77.6 Å². The number of nitrogens with zero attached hydrogens (tertiary/aromatic N) is 8. The van der Waals surface area contributed by atoms with Gasteiger partial charge in [0.2, 0.25) is 5.91 Å². The SMILES string of the molecule is COC[C@@]1(O)CC[C@@]2(C)[C@@H](CC[C@@H]3[C@@H]2CC[C@]2(C)[C@@H](C(=O)Cn4cc(C)cn4)CC[C@@H]32)C1.COC[C@@]1(O)CC[C@@]2(C)[C@@H](CC[C@@H]3[C@@H]2CC[C@]2(C)[C@@H](C(=O)Cn4cc(C)cn4)CC[C@@H]32)C1.COC[C@@]1(O)CC[C@@]2(C)[C@@H](CC[C@@H]3[C@@H]2CC[C@]2(C)[C@@H](C(=O)Cn4cc(NC(C)=O)cn4)CC[C@@H]32)C1.COC[C@@]1(O)CC[C@@]2(C)[C@@H](CC[C@@H]3[C@@H]2CC[C@]2(C)[C@@H](C(=O)Cn4cc(OC(C)C)cn4)CC[C@@H]32)C1. The van der Waals surface area contributed by atoms with Crippen molar-refractivity contribution >= 4 is 34.7 Å². The predicted octanol–water partition coefficient (Wildman–Crippen LogP) is 19.3. The van der Waals surface area contributed by atoms with E-state index in [0.29, 0.717) is 150 Å². The van der Waals surface area contributed by atoms with E-state index in [9.17, 15) is 44.4 Å². The van der Waals surface area contributed by atoms with E-state index in [1.165, 1.54) is 116 Å². The number of ether oxygens (including phenoxy) is 5. The number of rotatable bonds is 23. The predicted molar refractivity (Wildman–Crippen MR) is 517 cm³/mol. The van der Waals surface area contributed by atoms with Crippen molar-refractivity contribution in [2.24, 2.45) is 162 Å². The normalized spacial score (nSPS) is 44.2. The van der Waals surface area contributed by atoms with Crippen molar-refractivity contribution in [3.8, 4) is 5.75 Å². The third-order valence-corrected chi connectivity index (χ3v) is 43.2. The van der Waals surface area contributed by atoms with Gasteiger partial charge in [0.25, 0.3) is 0 Å². The number of aromatic nitrogens is 8. The second-order valence-corrected chi connectivity index (χ2v) is 50.7. The van der Waals surface area contributed by atoms with E-state index in [0.717, 1.165) is 174 Å². The van der Waals surface area contributed by atoms with Crippen LogP contribution in [0, 0.1) is 176 Å². The fourth-order valence-electron chi connectivity index (χ4n) is 36.7. The number of carbonyl (C=O) groups excluding carboxylic acids is 5. The van der Waals surface area contributed by atoms with Crippen molar-refractivity contribution in [1.82, 2.24) is 39.1 Å². The highest BCUT2D eigenvalue weighted by atomic mass is 16.5. The fourth-order valence-corrected chi connectivity index (χ4v) is 36.7. The topological polar surface area (TPSA) is 296 Å². The van der Waals surface area contributed by atoms with Gasteiger partial charge in [-0.15, -0.1) is 0 Å². The van der Waals surface area contributed by atoms with Crippen molar-refractivity contribution in [3.63, 3.8) is 0 Å². The second-order valence-electron chi connectivity index (χ2n) is 50.7. The maximum Gasteiger partial charge on any atom is 0.221 e. The number of aryl methyl sites for hydroxylation is 2. The number of hydrogen-bond donors (Lipinski definition) is 5. The Kier molecular flexibility index (Phi) is 28.6. The molecule has 23 nitrogen and oxygen atoms in total. The monoisotopic (exact) mass is 1860 g/mol. The Balaban J connectivity index is 0.000000124. The molecule has 20 rings (SSSR count). The maximum atomic E-state index is 13.5. The lowest BCUT2D eigenvalue weighted by Gasteiger charge is -2.62. The van der Waals surface area contributed by atoms with Gasteiger partial charge in [-0.2, -0.15) is 20.4 Å². The number of anilines is 1. The van der Waals surface area contributed by atoms with Crippen LogP contribution in [0.1, 0.15) is 318 Å². The first kappa shape index (κ1) is 100. The Morgan fingerprint density at radius 2 is 0.604 bits per heavy atom. The first-order valence-electron chi connectivity index (χ1n) is 53.5. The summed E-state index contributed by atoms with van der Waals surface area (Å²) in [5.74, 6) is 13.4. The highest BCUT2D eigenvalue weighted by Gasteiger charge is 2.68. The zero-order chi connectivity index (χ0) is 95.5. The molecule has 0 saturated heterocycles. The molecule has 0 bridgehead atoms. The molecule has 1 amide bonds. The van der Waals surface area contributed by atoms with Crippen molar-refractivity contribution in [2.75, 3.05) is 60.2 Å². The van der Waals surface area contributed by atoms with Crippen LogP contribution in [0.3, 0.4) is 0 Å². The van der Waals surface area contributed by atoms with E-state index in [4.69, 9.17) is 23.7 Å². The van der Waals surface area contributed by atoms with Crippen LogP contribution in [0.25, 0.3) is 0 Å². The van der Waals surface area contributed by atoms with Crippen LogP contribution in [0.15, 0.2) is 49.6 Å². The smallest absolute Gasteiger partial charge is 0.221 e. The largest absolute Gasteiger partial charge is 0.488 e. The molecule has 134 heavy (non-hydrogen) atoms. The van der Waals surface area contributed by atoms with Gasteiger partial charge >= 0.3 is 0 Å². The molecule has 4 heterocycles. The van der Waals surface area contributed by atoms with Crippen molar-refractivity contribution in [1.29, 1.82) is 0 Å². The molecule has 4 aromatic rings. The summed E-state index contributed by atoms with van der Waals surface area (Å²) in [5, 5.41) is 64.5. The summed E-state index contributed by atoms with van der Waals surface area (Å²) in [6.07, 6.45) is 54.4. The molecule has 5 N–H and O–H groups in total. The van der Waals surface area contributed by atoms with E-state index in [-0.39, 0.29) is 69.7 Å². The molecule has 0 spiro atoms. The van der Waals surface area contributed by atoms with E-state index in [1.807, 2.05) is 68.0 Å². The first-order valence-corrected chi connectivity index (χ1v) is 53.5. The molecule has 16 aliphatic carbocycles. The summed E-state index contributed by atoms with van der Waals surface area (Å²) in [4.78, 5) is 65.1. The number of carbonyl (C=O) groups is 5. The minimum atomic E-state index is -0.661. The van der Waals surface area contributed by atoms with Gasteiger partial charge in [0.05, 0.1) is 118 Å². The summed E-state index contributed by atoms with van der Waals surface area (Å²) in [7, 11) is 6.80. The Labute approximate surface area is 801 Å². The van der Waals surface area contributed by atoms with Crippen LogP contribution in [-0.4, -0.2) is 172 Å². The van der Waals surface area contributed by atoms with Gasteiger partial charge < -0.3 is 49.4 Å². The lowest BCUT2D eigenvalue weighted by molar-refractivity contribution is -0.164. The minimum Gasteiger partial charge on any atom is -0.488 e. The van der Waals surface area contributed by atoms with E-state index >= 15 is 0 Å². The summed E-state index contributed by atoms with van der Waals surface area (Å²) in [6.45, 7) is 32.6. The van der Waals surface area contributed by atoms with Gasteiger partial charge in [-0.05, 0) is 408 Å². The standard InChI is InChI=1S/C29H46N2O4.C28H43N3O4.2C27H42N2O3/c1-19(2)35-21-15-30-31(16-21)17-26(32)25-9-8-23-22-7-6-20-14-29(33,18-34-5)13-12-27(20,3)24(22)10-11-28(23,25)4;1-18(32)30-20-14-29-31(15-20)16-25(33)24-8-7-22-21-6-5-19-13-28(34,17-35-4)12-11-26(19,2)23(21)9-10-27(22,24)3;2*1-18-14-28-29(15-18)16-24(30)23-8-7-21-20-6-5-19-13-27(31,17-32-4)12-11-25(19,2)22(20)9-10-26(21,23)3/h15-16,19-20,22-25,33H,6-14,17-18H2,1-5H3;14-15,19,21-24,34H,5-13,16-17H2,1-4H3,(H,30,32);2*14-15,19-23,31H,5-13,16-17H2,1-4H3/t20-,22-,23-,24-,25+,27-,28-,29+;19-,21-,22-,23-,24+,26-,27-,28+;2*19-,20-,21-,22-,23+,25-,26-,27+/m0000/s1. The summed E-state index contributed by atoms with van der Waals surface area (Å²) in [5.41, 5.74) is 2.03. The van der Waals surface area contributed by atoms with Crippen molar-refractivity contribution in [2.45, 2.75) is 376 Å². The lowest BCUT2D eigenvalue weighted by Crippen LogP contribution is -2.56. The molecule has 4 aromatic heterocycles. The van der Waals surface area contributed by atoms with Gasteiger partial charge in [0.1, 0.15) is 0 Å². The molecule has 0 radical (unpaired) electrons. The second kappa shape index (κ2) is 38.4. The summed E-state index contributed by atoms with van der Waals surface area (Å²) in [6, 6.07) is 0. The number of methoxy groups -OCH3 is 4.